The maximum Gasteiger partial charge on any atom is 0.274 e. The lowest BCUT2D eigenvalue weighted by atomic mass is 10.1. The summed E-state index contributed by atoms with van der Waals surface area (Å²) in [5.41, 5.74) is 1.58. The number of nitro groups is 1. The Morgan fingerprint density at radius 3 is 2.29 bits per heavy atom. The van der Waals surface area contributed by atoms with E-state index in [0.717, 1.165) is 16.1 Å². The Morgan fingerprint density at radius 2 is 1.65 bits per heavy atom. The molecule has 0 aliphatic heterocycles. The number of nitrogens with zero attached hydrogens (tertiary/aromatic N) is 2. The lowest BCUT2D eigenvalue weighted by molar-refractivity contribution is -0.385. The fraction of sp³-hybridized carbons (Fsp3) is 0.136. The molecule has 0 unspecified atom stereocenters. The van der Waals surface area contributed by atoms with Crippen LogP contribution in [-0.4, -0.2) is 25.5 Å². The average molecular weight is 439 g/mol. The highest BCUT2D eigenvalue weighted by Gasteiger charge is 2.24. The van der Waals surface area contributed by atoms with Crippen LogP contribution in [0.1, 0.15) is 21.5 Å². The summed E-state index contributed by atoms with van der Waals surface area (Å²) >= 11 is 0. The number of nitro benzene ring substituents is 1. The lowest BCUT2D eigenvalue weighted by Crippen LogP contribution is -2.31. The largest absolute Gasteiger partial charge is 0.321 e. The smallest absolute Gasteiger partial charge is 0.274 e. The third-order valence-corrected chi connectivity index (χ3v) is 5.86. The number of sulfonamides is 1. The molecule has 0 saturated carbocycles. The molecule has 3 aromatic rings. The summed E-state index contributed by atoms with van der Waals surface area (Å²) in [6.07, 6.45) is 1.08. The molecular formula is C22H21N3O5S. The van der Waals surface area contributed by atoms with Crippen LogP contribution in [0, 0.1) is 17.0 Å². The van der Waals surface area contributed by atoms with Crippen LogP contribution in [0.4, 0.5) is 17.1 Å². The quantitative estimate of drug-likeness (QED) is 0.440. The van der Waals surface area contributed by atoms with Crippen LogP contribution < -0.4 is 9.62 Å². The van der Waals surface area contributed by atoms with Gasteiger partial charge < -0.3 is 5.32 Å². The van der Waals surface area contributed by atoms with Gasteiger partial charge in [0.25, 0.3) is 11.6 Å². The Bertz CT molecular complexity index is 1230. The van der Waals surface area contributed by atoms with Crippen molar-refractivity contribution >= 4 is 33.0 Å². The number of nitrogens with one attached hydrogen (secondary N) is 1. The number of para-hydroxylation sites is 1. The first-order chi connectivity index (χ1) is 14.7. The molecule has 0 fully saturated rings. The molecular weight excluding hydrogens is 418 g/mol. The molecule has 8 nitrogen and oxygen atoms in total. The number of carbonyl (C=O) groups excluding carboxylic acids is 1. The molecule has 0 atom stereocenters. The van der Waals surface area contributed by atoms with Crippen LogP contribution in [0.2, 0.25) is 0 Å². The van der Waals surface area contributed by atoms with Crippen molar-refractivity contribution in [3.63, 3.8) is 0 Å². The van der Waals surface area contributed by atoms with Crippen LogP contribution in [0.3, 0.4) is 0 Å². The normalized spacial score (nSPS) is 11.0. The molecule has 0 saturated heterocycles. The second kappa shape index (κ2) is 8.97. The van der Waals surface area contributed by atoms with Crippen LogP contribution >= 0.6 is 0 Å². The third kappa shape index (κ3) is 5.07. The Kier molecular flexibility index (Phi) is 6.36. The molecule has 0 bridgehead atoms. The second-order valence-electron chi connectivity index (χ2n) is 6.93. The van der Waals surface area contributed by atoms with Crippen molar-refractivity contribution in [1.82, 2.24) is 0 Å². The molecule has 1 N–H and O–H groups in total. The average Bonchev–Trinajstić information content (AvgIpc) is 2.73. The summed E-state index contributed by atoms with van der Waals surface area (Å²) in [7, 11) is -3.71. The number of anilines is 2. The SMILES string of the molecule is Cc1c(NC(=O)c2ccccc2N(Cc2ccccc2)S(C)(=O)=O)cccc1[N+](=O)[O-]. The minimum atomic E-state index is -3.71. The molecule has 0 aliphatic rings. The minimum absolute atomic E-state index is 0.0554. The number of amides is 1. The monoisotopic (exact) mass is 439 g/mol. The van der Waals surface area contributed by atoms with Crippen LogP contribution in [0.15, 0.2) is 72.8 Å². The first-order valence-corrected chi connectivity index (χ1v) is 11.2. The van der Waals surface area contributed by atoms with Crippen LogP contribution in [-0.2, 0) is 16.6 Å². The number of carbonyl (C=O) groups is 1. The molecule has 0 radical (unpaired) electrons. The molecule has 3 rings (SSSR count). The predicted octanol–water partition coefficient (Wildman–Crippen LogP) is 4.12. The highest BCUT2D eigenvalue weighted by molar-refractivity contribution is 7.92. The van der Waals surface area contributed by atoms with Crippen molar-refractivity contribution < 1.29 is 18.1 Å². The summed E-state index contributed by atoms with van der Waals surface area (Å²) < 4.78 is 26.3. The van der Waals surface area contributed by atoms with Crippen molar-refractivity contribution in [2.75, 3.05) is 15.9 Å². The molecule has 160 valence electrons. The van der Waals surface area contributed by atoms with E-state index in [2.05, 4.69) is 5.32 Å². The van der Waals surface area contributed by atoms with Gasteiger partial charge >= 0.3 is 0 Å². The Balaban J connectivity index is 1.99. The molecule has 0 heterocycles. The van der Waals surface area contributed by atoms with Crippen LogP contribution in [0.25, 0.3) is 0 Å². The summed E-state index contributed by atoms with van der Waals surface area (Å²) in [5.74, 6) is -0.569. The van der Waals surface area contributed by atoms with Gasteiger partial charge in [0.2, 0.25) is 10.0 Å². The number of benzene rings is 3. The van der Waals surface area contributed by atoms with E-state index in [1.165, 1.54) is 25.1 Å². The second-order valence-corrected chi connectivity index (χ2v) is 8.84. The van der Waals surface area contributed by atoms with E-state index in [9.17, 15) is 23.3 Å². The van der Waals surface area contributed by atoms with Crippen LogP contribution in [0.5, 0.6) is 0 Å². The Labute approximate surface area is 180 Å². The molecule has 1 amide bonds. The van der Waals surface area contributed by atoms with Gasteiger partial charge in [-0.05, 0) is 30.7 Å². The molecule has 3 aromatic carbocycles. The van der Waals surface area contributed by atoms with E-state index < -0.39 is 20.9 Å². The van der Waals surface area contributed by atoms with Crippen molar-refractivity contribution in [3.05, 3.63) is 99.6 Å². The zero-order chi connectivity index (χ0) is 22.6. The highest BCUT2D eigenvalue weighted by atomic mass is 32.2. The first-order valence-electron chi connectivity index (χ1n) is 9.34. The standard InChI is InChI=1S/C22H21N3O5S/c1-16-19(12-8-14-20(16)25(27)28)23-22(26)18-11-6-7-13-21(18)24(31(2,29)30)15-17-9-4-3-5-10-17/h3-14H,15H2,1-2H3,(H,23,26). The fourth-order valence-corrected chi connectivity index (χ4v) is 4.06. The van der Waals surface area contributed by atoms with Gasteiger partial charge in [0.15, 0.2) is 0 Å². The van der Waals surface area contributed by atoms with Gasteiger partial charge in [0, 0.05) is 6.07 Å². The molecule has 0 aromatic heterocycles. The van der Waals surface area contributed by atoms with E-state index >= 15 is 0 Å². The number of rotatable bonds is 7. The summed E-state index contributed by atoms with van der Waals surface area (Å²) in [5, 5.41) is 13.8. The highest BCUT2D eigenvalue weighted by Crippen LogP contribution is 2.29. The van der Waals surface area contributed by atoms with E-state index in [1.54, 1.807) is 48.5 Å². The number of hydrogen-bond acceptors (Lipinski definition) is 5. The van der Waals surface area contributed by atoms with E-state index in [4.69, 9.17) is 0 Å². The topological polar surface area (TPSA) is 110 Å². The van der Waals surface area contributed by atoms with E-state index in [1.807, 2.05) is 6.07 Å². The first kappa shape index (κ1) is 22.0. The summed E-state index contributed by atoms with van der Waals surface area (Å²) in [4.78, 5) is 23.7. The molecule has 0 spiro atoms. The Hall–Kier alpha value is -3.72. The van der Waals surface area contributed by atoms with Crippen molar-refractivity contribution in [2.45, 2.75) is 13.5 Å². The zero-order valence-electron chi connectivity index (χ0n) is 17.0. The van der Waals surface area contributed by atoms with Gasteiger partial charge in [-0.15, -0.1) is 0 Å². The maximum atomic E-state index is 13.0. The van der Waals surface area contributed by atoms with Gasteiger partial charge in [-0.3, -0.25) is 19.2 Å². The zero-order valence-corrected chi connectivity index (χ0v) is 17.8. The van der Waals surface area contributed by atoms with Gasteiger partial charge in [0.1, 0.15) is 0 Å². The minimum Gasteiger partial charge on any atom is -0.321 e. The van der Waals surface area contributed by atoms with Gasteiger partial charge in [0.05, 0.1) is 40.2 Å². The third-order valence-electron chi connectivity index (χ3n) is 4.74. The van der Waals surface area contributed by atoms with Crippen molar-refractivity contribution in [3.8, 4) is 0 Å². The number of hydrogen-bond donors (Lipinski definition) is 1. The fourth-order valence-electron chi connectivity index (χ4n) is 3.16. The van der Waals surface area contributed by atoms with E-state index in [-0.39, 0.29) is 29.2 Å². The summed E-state index contributed by atoms with van der Waals surface area (Å²) in [6.45, 7) is 1.59. The lowest BCUT2D eigenvalue weighted by Gasteiger charge is -2.25. The molecule has 9 heteroatoms. The van der Waals surface area contributed by atoms with Crippen molar-refractivity contribution in [2.24, 2.45) is 0 Å². The van der Waals surface area contributed by atoms with E-state index in [0.29, 0.717) is 5.56 Å². The maximum absolute atomic E-state index is 13.0. The predicted molar refractivity (Wildman–Crippen MR) is 120 cm³/mol. The van der Waals surface area contributed by atoms with Gasteiger partial charge in [-0.2, -0.15) is 0 Å². The molecule has 31 heavy (non-hydrogen) atoms. The van der Waals surface area contributed by atoms with Gasteiger partial charge in [-0.25, -0.2) is 8.42 Å². The summed E-state index contributed by atoms with van der Waals surface area (Å²) in [6, 6.07) is 19.8. The van der Waals surface area contributed by atoms with Crippen molar-refractivity contribution in [1.29, 1.82) is 0 Å². The van der Waals surface area contributed by atoms with Gasteiger partial charge in [-0.1, -0.05) is 48.5 Å². The molecule has 0 aliphatic carbocycles. The Morgan fingerprint density at radius 1 is 1.00 bits per heavy atom.